The lowest BCUT2D eigenvalue weighted by molar-refractivity contribution is 0.820. The van der Waals surface area contributed by atoms with Gasteiger partial charge in [0.25, 0.3) is 0 Å². The average molecular weight is 240 g/mol. The van der Waals surface area contributed by atoms with Crippen molar-refractivity contribution in [2.24, 2.45) is 10.7 Å². The maximum absolute atomic E-state index is 5.89. The van der Waals surface area contributed by atoms with Crippen LogP contribution in [0.25, 0.3) is 0 Å². The molecule has 4 heteroatoms. The predicted molar refractivity (Wildman–Crippen MR) is 69.9 cm³/mol. The number of aryl methyl sites for hydroxylation is 1. The van der Waals surface area contributed by atoms with Crippen molar-refractivity contribution >= 4 is 17.6 Å². The van der Waals surface area contributed by atoms with E-state index in [1.807, 2.05) is 25.1 Å². The maximum atomic E-state index is 5.89. The third-order valence-corrected chi connectivity index (χ3v) is 2.39. The molecule has 0 aliphatic heterocycles. The first-order valence-corrected chi connectivity index (χ1v) is 5.88. The number of hydrogen-bond donors (Lipinski definition) is 2. The third kappa shape index (κ3) is 5.03. The first-order chi connectivity index (χ1) is 7.72. The van der Waals surface area contributed by atoms with Crippen molar-refractivity contribution in [2.75, 3.05) is 13.1 Å². The number of nitrogens with one attached hydrogen (secondary N) is 1. The lowest BCUT2D eigenvalue weighted by Gasteiger charge is -2.02. The van der Waals surface area contributed by atoms with Crippen LogP contribution in [0.4, 0.5) is 0 Å². The molecule has 0 aliphatic carbocycles. The van der Waals surface area contributed by atoms with Gasteiger partial charge in [0.15, 0.2) is 5.96 Å². The van der Waals surface area contributed by atoms with E-state index in [1.54, 1.807) is 0 Å². The largest absolute Gasteiger partial charge is 0.370 e. The summed E-state index contributed by atoms with van der Waals surface area (Å²) in [7, 11) is 0. The number of nitrogens with zero attached hydrogens (tertiary/aromatic N) is 1. The van der Waals surface area contributed by atoms with Gasteiger partial charge in [0.1, 0.15) is 0 Å². The van der Waals surface area contributed by atoms with Crippen LogP contribution < -0.4 is 11.1 Å². The second kappa shape index (κ2) is 7.12. The summed E-state index contributed by atoms with van der Waals surface area (Å²) in [5, 5.41) is 3.75. The Morgan fingerprint density at radius 3 is 3.00 bits per heavy atom. The summed E-state index contributed by atoms with van der Waals surface area (Å²) in [6.45, 7) is 3.54. The van der Waals surface area contributed by atoms with E-state index in [2.05, 4.69) is 16.4 Å². The van der Waals surface area contributed by atoms with Crippen molar-refractivity contribution < 1.29 is 0 Å². The Balaban J connectivity index is 2.28. The predicted octanol–water partition coefficient (Wildman–Crippen LogP) is 2.20. The molecule has 1 aromatic carbocycles. The number of rotatable bonds is 5. The number of aliphatic imine (C=N–C) groups is 1. The summed E-state index contributed by atoms with van der Waals surface area (Å²) < 4.78 is 0. The standard InChI is InChI=1S/C12H18ClN3/c1-2-15-12(14)16-8-4-6-10-5-3-7-11(13)9-10/h3,5,7,9H,2,4,6,8H2,1H3,(H3,14,15,16). The molecule has 3 N–H and O–H groups in total. The fraction of sp³-hybridized carbons (Fsp3) is 0.417. The molecule has 0 saturated carbocycles. The molecular formula is C12H18ClN3. The van der Waals surface area contributed by atoms with E-state index < -0.39 is 0 Å². The molecule has 88 valence electrons. The average Bonchev–Trinajstić information content (AvgIpc) is 2.25. The highest BCUT2D eigenvalue weighted by Crippen LogP contribution is 2.11. The van der Waals surface area contributed by atoms with Crippen molar-refractivity contribution in [3.05, 3.63) is 34.9 Å². The molecule has 0 saturated heterocycles. The molecule has 0 spiro atoms. The summed E-state index contributed by atoms with van der Waals surface area (Å²) in [6.07, 6.45) is 1.95. The highest BCUT2D eigenvalue weighted by atomic mass is 35.5. The molecule has 0 amide bonds. The second-order valence-corrected chi connectivity index (χ2v) is 3.97. The lowest BCUT2D eigenvalue weighted by atomic mass is 10.1. The summed E-state index contributed by atoms with van der Waals surface area (Å²) >= 11 is 5.89. The lowest BCUT2D eigenvalue weighted by Crippen LogP contribution is -2.31. The number of hydrogen-bond acceptors (Lipinski definition) is 1. The van der Waals surface area contributed by atoms with Crippen molar-refractivity contribution in [3.8, 4) is 0 Å². The van der Waals surface area contributed by atoms with Gasteiger partial charge in [-0.05, 0) is 37.5 Å². The van der Waals surface area contributed by atoms with Gasteiger partial charge < -0.3 is 11.1 Å². The number of benzene rings is 1. The molecule has 0 radical (unpaired) electrons. The SMILES string of the molecule is CCNC(N)=NCCCc1cccc(Cl)c1. The van der Waals surface area contributed by atoms with Crippen LogP contribution >= 0.6 is 11.6 Å². The van der Waals surface area contributed by atoms with Crippen LogP contribution in [0, 0.1) is 0 Å². The molecule has 16 heavy (non-hydrogen) atoms. The third-order valence-electron chi connectivity index (χ3n) is 2.15. The van der Waals surface area contributed by atoms with E-state index in [0.717, 1.165) is 31.0 Å². The summed E-state index contributed by atoms with van der Waals surface area (Å²) in [4.78, 5) is 4.20. The monoisotopic (exact) mass is 239 g/mol. The van der Waals surface area contributed by atoms with Gasteiger partial charge in [-0.15, -0.1) is 0 Å². The highest BCUT2D eigenvalue weighted by molar-refractivity contribution is 6.30. The van der Waals surface area contributed by atoms with Crippen LogP contribution in [0.15, 0.2) is 29.3 Å². The summed E-state index contributed by atoms with van der Waals surface area (Å²) in [5.74, 6) is 0.522. The van der Waals surface area contributed by atoms with Crippen LogP contribution in [0.3, 0.4) is 0 Å². The number of halogens is 1. The van der Waals surface area contributed by atoms with E-state index in [0.29, 0.717) is 5.96 Å². The van der Waals surface area contributed by atoms with Crippen molar-refractivity contribution in [2.45, 2.75) is 19.8 Å². The van der Waals surface area contributed by atoms with E-state index in [4.69, 9.17) is 17.3 Å². The minimum Gasteiger partial charge on any atom is -0.370 e. The molecule has 1 aromatic rings. The Bertz CT molecular complexity index is 350. The molecule has 0 heterocycles. The van der Waals surface area contributed by atoms with Crippen molar-refractivity contribution in [3.63, 3.8) is 0 Å². The topological polar surface area (TPSA) is 50.4 Å². The quantitative estimate of drug-likeness (QED) is 0.470. The molecule has 1 rings (SSSR count). The maximum Gasteiger partial charge on any atom is 0.188 e. The van der Waals surface area contributed by atoms with Crippen LogP contribution in [-0.2, 0) is 6.42 Å². The zero-order chi connectivity index (χ0) is 11.8. The first-order valence-electron chi connectivity index (χ1n) is 5.50. The second-order valence-electron chi connectivity index (χ2n) is 3.53. The van der Waals surface area contributed by atoms with Gasteiger partial charge in [0.2, 0.25) is 0 Å². The molecule has 3 nitrogen and oxygen atoms in total. The van der Waals surface area contributed by atoms with Gasteiger partial charge >= 0.3 is 0 Å². The summed E-state index contributed by atoms with van der Waals surface area (Å²) in [5.41, 5.74) is 6.85. The molecule has 0 unspecified atom stereocenters. The van der Waals surface area contributed by atoms with Gasteiger partial charge in [-0.3, -0.25) is 4.99 Å². The molecule has 0 atom stereocenters. The molecular weight excluding hydrogens is 222 g/mol. The molecule has 0 aromatic heterocycles. The van der Waals surface area contributed by atoms with Gasteiger partial charge in [0, 0.05) is 18.1 Å². The smallest absolute Gasteiger partial charge is 0.188 e. The molecule has 0 aliphatic rings. The minimum atomic E-state index is 0.522. The van der Waals surface area contributed by atoms with E-state index in [-0.39, 0.29) is 0 Å². The fourth-order valence-electron chi connectivity index (χ4n) is 1.41. The number of nitrogens with two attached hydrogens (primary N) is 1. The Kier molecular flexibility index (Phi) is 5.72. The van der Waals surface area contributed by atoms with Crippen LogP contribution in [0.5, 0.6) is 0 Å². The van der Waals surface area contributed by atoms with Crippen molar-refractivity contribution in [1.29, 1.82) is 0 Å². The highest BCUT2D eigenvalue weighted by Gasteiger charge is 1.94. The normalized spacial score (nSPS) is 11.5. The van der Waals surface area contributed by atoms with E-state index >= 15 is 0 Å². The Labute approximate surface area is 102 Å². The molecule has 0 fully saturated rings. The minimum absolute atomic E-state index is 0.522. The first kappa shape index (κ1) is 12.8. The zero-order valence-corrected chi connectivity index (χ0v) is 10.3. The Morgan fingerprint density at radius 2 is 2.31 bits per heavy atom. The van der Waals surface area contributed by atoms with E-state index in [1.165, 1.54) is 5.56 Å². The Morgan fingerprint density at radius 1 is 1.50 bits per heavy atom. The van der Waals surface area contributed by atoms with Gasteiger partial charge in [-0.1, -0.05) is 23.7 Å². The number of guanidine groups is 1. The van der Waals surface area contributed by atoms with Crippen LogP contribution in [0.1, 0.15) is 18.9 Å². The Hall–Kier alpha value is -1.22. The van der Waals surface area contributed by atoms with E-state index in [9.17, 15) is 0 Å². The van der Waals surface area contributed by atoms with Gasteiger partial charge in [-0.25, -0.2) is 0 Å². The molecule has 0 bridgehead atoms. The summed E-state index contributed by atoms with van der Waals surface area (Å²) in [6, 6.07) is 7.91. The fourth-order valence-corrected chi connectivity index (χ4v) is 1.63. The van der Waals surface area contributed by atoms with Gasteiger partial charge in [-0.2, -0.15) is 0 Å². The van der Waals surface area contributed by atoms with Gasteiger partial charge in [0.05, 0.1) is 0 Å². The van der Waals surface area contributed by atoms with Crippen LogP contribution in [-0.4, -0.2) is 19.0 Å². The van der Waals surface area contributed by atoms with Crippen molar-refractivity contribution in [1.82, 2.24) is 5.32 Å². The van der Waals surface area contributed by atoms with Crippen LogP contribution in [0.2, 0.25) is 5.02 Å². The zero-order valence-electron chi connectivity index (χ0n) is 9.54.